The monoisotopic (exact) mass is 408 g/mol. The Bertz CT molecular complexity index is 840. The summed E-state index contributed by atoms with van der Waals surface area (Å²) in [6, 6.07) is 4.86. The molecule has 0 spiro atoms. The van der Waals surface area contributed by atoms with Crippen LogP contribution < -0.4 is 15.8 Å². The highest BCUT2D eigenvalue weighted by Gasteiger charge is 2.32. The Kier molecular flexibility index (Phi) is 7.46. The SMILES string of the molecule is CN=C(C(=O)NC(CO)(CO)CO)c1cc(OCc2cnc(C)s2)ccc1N. The fraction of sp³-hybridized carbons (Fsp3) is 0.389. The second-order valence-electron chi connectivity index (χ2n) is 6.16. The number of hydrogen-bond donors (Lipinski definition) is 5. The lowest BCUT2D eigenvalue weighted by Gasteiger charge is -2.29. The van der Waals surface area contributed by atoms with Crippen molar-refractivity contribution in [3.63, 3.8) is 0 Å². The maximum atomic E-state index is 12.6. The predicted molar refractivity (Wildman–Crippen MR) is 107 cm³/mol. The van der Waals surface area contributed by atoms with Gasteiger partial charge in [0.05, 0.1) is 29.7 Å². The number of ether oxygens (including phenoxy) is 1. The number of carbonyl (C=O) groups is 1. The number of aryl methyl sites for hydroxylation is 1. The summed E-state index contributed by atoms with van der Waals surface area (Å²) in [6.45, 7) is 0.298. The van der Waals surface area contributed by atoms with Gasteiger partial charge in [0.15, 0.2) is 0 Å². The van der Waals surface area contributed by atoms with E-state index in [4.69, 9.17) is 10.5 Å². The number of aliphatic hydroxyl groups excluding tert-OH is 3. The van der Waals surface area contributed by atoms with Crippen LogP contribution in [-0.4, -0.2) is 64.3 Å². The Hall–Kier alpha value is -2.53. The van der Waals surface area contributed by atoms with E-state index in [-0.39, 0.29) is 5.71 Å². The maximum absolute atomic E-state index is 12.6. The molecule has 28 heavy (non-hydrogen) atoms. The van der Waals surface area contributed by atoms with Crippen molar-refractivity contribution in [3.05, 3.63) is 39.8 Å². The van der Waals surface area contributed by atoms with Crippen molar-refractivity contribution in [1.29, 1.82) is 0 Å². The Labute approximate surface area is 166 Å². The molecule has 0 atom stereocenters. The molecule has 1 aromatic carbocycles. The Morgan fingerprint density at radius 2 is 2.00 bits per heavy atom. The standard InChI is InChI=1S/C18H24N4O5S/c1-11-21-6-13(28-11)7-27-12-3-4-15(19)14(5-12)16(20-2)17(26)22-18(8-23,9-24)10-25/h3-6,23-25H,7-10,19H2,1-2H3,(H,22,26). The third kappa shape index (κ3) is 5.04. The number of amides is 1. The minimum absolute atomic E-state index is 0.0173. The highest BCUT2D eigenvalue weighted by Crippen LogP contribution is 2.23. The third-order valence-corrected chi connectivity index (χ3v) is 4.94. The van der Waals surface area contributed by atoms with Crippen molar-refractivity contribution < 1.29 is 24.9 Å². The van der Waals surface area contributed by atoms with Crippen molar-refractivity contribution in [2.75, 3.05) is 32.6 Å². The average molecular weight is 408 g/mol. The van der Waals surface area contributed by atoms with E-state index in [0.29, 0.717) is 23.6 Å². The fourth-order valence-corrected chi connectivity index (χ4v) is 3.08. The molecular weight excluding hydrogens is 384 g/mol. The van der Waals surface area contributed by atoms with Crippen LogP contribution in [0.1, 0.15) is 15.4 Å². The first-order valence-corrected chi connectivity index (χ1v) is 9.25. The molecule has 0 bridgehead atoms. The van der Waals surface area contributed by atoms with Gasteiger partial charge in [0, 0.05) is 24.5 Å². The number of carbonyl (C=O) groups excluding carboxylic acids is 1. The molecule has 2 rings (SSSR count). The Balaban J connectivity index is 2.22. The van der Waals surface area contributed by atoms with E-state index in [2.05, 4.69) is 15.3 Å². The van der Waals surface area contributed by atoms with E-state index in [1.807, 2.05) is 6.92 Å². The molecule has 1 heterocycles. The highest BCUT2D eigenvalue weighted by molar-refractivity contribution is 7.11. The molecule has 0 saturated carbocycles. The van der Waals surface area contributed by atoms with Crippen molar-refractivity contribution in [2.45, 2.75) is 19.1 Å². The number of nitrogens with one attached hydrogen (secondary N) is 1. The molecule has 0 aliphatic rings. The van der Waals surface area contributed by atoms with Crippen LogP contribution in [0.5, 0.6) is 5.75 Å². The maximum Gasteiger partial charge on any atom is 0.270 e. The van der Waals surface area contributed by atoms with E-state index < -0.39 is 31.3 Å². The predicted octanol–water partition coefficient (Wildman–Crippen LogP) is -0.136. The normalized spacial score (nSPS) is 12.1. The molecule has 1 amide bonds. The Morgan fingerprint density at radius 1 is 1.32 bits per heavy atom. The lowest BCUT2D eigenvalue weighted by atomic mass is 10.0. The second-order valence-corrected chi connectivity index (χ2v) is 7.48. The molecule has 152 valence electrons. The molecule has 1 aromatic heterocycles. The van der Waals surface area contributed by atoms with Gasteiger partial charge in [0.2, 0.25) is 0 Å². The van der Waals surface area contributed by atoms with Crippen molar-refractivity contribution in [1.82, 2.24) is 10.3 Å². The van der Waals surface area contributed by atoms with E-state index in [0.717, 1.165) is 9.88 Å². The molecule has 2 aromatic rings. The topological polar surface area (TPSA) is 150 Å². The number of benzene rings is 1. The minimum atomic E-state index is -1.57. The van der Waals surface area contributed by atoms with Crippen LogP contribution in [0.25, 0.3) is 0 Å². The summed E-state index contributed by atoms with van der Waals surface area (Å²) in [4.78, 5) is 21.7. The molecular formula is C18H24N4O5S. The van der Waals surface area contributed by atoms with Crippen molar-refractivity contribution in [2.24, 2.45) is 4.99 Å². The summed E-state index contributed by atoms with van der Waals surface area (Å²) >= 11 is 1.52. The number of nitrogen functional groups attached to an aromatic ring is 1. The molecule has 9 nitrogen and oxygen atoms in total. The molecule has 0 saturated heterocycles. The number of rotatable bonds is 9. The van der Waals surface area contributed by atoms with Gasteiger partial charge in [0.25, 0.3) is 5.91 Å². The molecule has 0 radical (unpaired) electrons. The number of aliphatic hydroxyl groups is 3. The van der Waals surface area contributed by atoms with Gasteiger partial charge in [-0.3, -0.25) is 9.79 Å². The average Bonchev–Trinajstić information content (AvgIpc) is 3.12. The number of aliphatic imine (C=N–C) groups is 1. The first-order valence-electron chi connectivity index (χ1n) is 8.44. The lowest BCUT2D eigenvalue weighted by Crippen LogP contribution is -2.58. The van der Waals surface area contributed by atoms with E-state index in [1.165, 1.54) is 18.4 Å². The van der Waals surface area contributed by atoms with E-state index >= 15 is 0 Å². The molecule has 0 aliphatic heterocycles. The number of nitrogens with zero attached hydrogens (tertiary/aromatic N) is 2. The van der Waals surface area contributed by atoms with Crippen LogP contribution in [0.15, 0.2) is 29.4 Å². The zero-order valence-corrected chi connectivity index (χ0v) is 16.5. The zero-order valence-electron chi connectivity index (χ0n) is 15.7. The number of nitrogens with two attached hydrogens (primary N) is 1. The minimum Gasteiger partial charge on any atom is -0.488 e. The van der Waals surface area contributed by atoms with Gasteiger partial charge in [-0.15, -0.1) is 11.3 Å². The van der Waals surface area contributed by atoms with Gasteiger partial charge >= 0.3 is 0 Å². The number of anilines is 1. The van der Waals surface area contributed by atoms with Crippen molar-refractivity contribution >= 4 is 28.6 Å². The van der Waals surface area contributed by atoms with Crippen LogP contribution in [0.3, 0.4) is 0 Å². The van der Waals surface area contributed by atoms with Gasteiger partial charge in [-0.1, -0.05) is 0 Å². The summed E-state index contributed by atoms with van der Waals surface area (Å²) in [7, 11) is 1.42. The van der Waals surface area contributed by atoms with E-state index in [9.17, 15) is 20.1 Å². The van der Waals surface area contributed by atoms with Crippen LogP contribution in [-0.2, 0) is 11.4 Å². The van der Waals surface area contributed by atoms with Gasteiger partial charge in [-0.2, -0.15) is 0 Å². The van der Waals surface area contributed by atoms with Crippen LogP contribution in [0, 0.1) is 6.92 Å². The van der Waals surface area contributed by atoms with Crippen molar-refractivity contribution in [3.8, 4) is 5.75 Å². The number of thiazole rings is 1. The smallest absolute Gasteiger partial charge is 0.270 e. The molecule has 0 fully saturated rings. The van der Waals surface area contributed by atoms with Crippen LogP contribution >= 0.6 is 11.3 Å². The quantitative estimate of drug-likeness (QED) is 0.286. The summed E-state index contributed by atoms with van der Waals surface area (Å²) in [6.07, 6.45) is 1.74. The van der Waals surface area contributed by atoms with Gasteiger partial charge in [-0.25, -0.2) is 4.98 Å². The first kappa shape index (κ1) is 21.8. The lowest BCUT2D eigenvalue weighted by molar-refractivity contribution is -0.118. The largest absolute Gasteiger partial charge is 0.488 e. The summed E-state index contributed by atoms with van der Waals surface area (Å²) < 4.78 is 5.75. The molecule has 10 heteroatoms. The molecule has 0 aliphatic carbocycles. The van der Waals surface area contributed by atoms with Gasteiger partial charge < -0.3 is 31.1 Å². The second kappa shape index (κ2) is 9.60. The number of aromatic nitrogens is 1. The highest BCUT2D eigenvalue weighted by atomic mass is 32.1. The summed E-state index contributed by atoms with van der Waals surface area (Å²) in [5, 5.41) is 31.6. The molecule has 0 unspecified atom stereocenters. The summed E-state index contributed by atoms with van der Waals surface area (Å²) in [5.41, 5.74) is 5.06. The first-order chi connectivity index (χ1) is 13.4. The van der Waals surface area contributed by atoms with Gasteiger partial charge in [-0.05, 0) is 25.1 Å². The number of hydrogen-bond acceptors (Lipinski definition) is 9. The van der Waals surface area contributed by atoms with Crippen LogP contribution in [0.4, 0.5) is 5.69 Å². The van der Waals surface area contributed by atoms with Gasteiger partial charge in [0.1, 0.15) is 23.6 Å². The zero-order chi connectivity index (χ0) is 20.7. The Morgan fingerprint density at radius 3 is 2.54 bits per heavy atom. The summed E-state index contributed by atoms with van der Waals surface area (Å²) in [5.74, 6) is -0.205. The van der Waals surface area contributed by atoms with E-state index in [1.54, 1.807) is 24.4 Å². The fourth-order valence-electron chi connectivity index (χ4n) is 2.37. The molecule has 6 N–H and O–H groups in total. The van der Waals surface area contributed by atoms with Crippen LogP contribution in [0.2, 0.25) is 0 Å². The third-order valence-electron chi connectivity index (χ3n) is 4.06.